The maximum absolute atomic E-state index is 10.3. The maximum atomic E-state index is 10.3. The minimum absolute atomic E-state index is 0.144. The SMILES string of the molecule is C=C1[C@H](O)CC(=C/C=C2/CCC[C@]3(C)C([C@@H](C)/C=C/[C@@H](C)C(C)(C)O)CC[C@@H]23)C[C@H]1O. The summed E-state index contributed by atoms with van der Waals surface area (Å²) in [5.41, 5.74) is 2.87. The molecule has 3 saturated carbocycles. The van der Waals surface area contributed by atoms with E-state index in [1.807, 2.05) is 13.8 Å². The topological polar surface area (TPSA) is 60.7 Å². The van der Waals surface area contributed by atoms with Crippen molar-refractivity contribution in [3.05, 3.63) is 47.6 Å². The van der Waals surface area contributed by atoms with Crippen LogP contribution in [0.3, 0.4) is 0 Å². The van der Waals surface area contributed by atoms with Crippen LogP contribution >= 0.6 is 0 Å². The Morgan fingerprint density at radius 1 is 1.06 bits per heavy atom. The van der Waals surface area contributed by atoms with Crippen LogP contribution in [0.2, 0.25) is 0 Å². The van der Waals surface area contributed by atoms with Crippen LogP contribution in [0.5, 0.6) is 0 Å². The molecule has 3 N–H and O–H groups in total. The van der Waals surface area contributed by atoms with Crippen molar-refractivity contribution >= 4 is 0 Å². The lowest BCUT2D eigenvalue weighted by Gasteiger charge is -2.44. The zero-order valence-corrected chi connectivity index (χ0v) is 20.3. The van der Waals surface area contributed by atoms with Crippen LogP contribution in [0.25, 0.3) is 0 Å². The molecule has 0 saturated heterocycles. The molecule has 174 valence electrons. The fourth-order valence-electron chi connectivity index (χ4n) is 6.28. The van der Waals surface area contributed by atoms with E-state index in [0.29, 0.717) is 41.6 Å². The van der Waals surface area contributed by atoms with Gasteiger partial charge in [0.2, 0.25) is 0 Å². The molecule has 7 atom stereocenters. The lowest BCUT2D eigenvalue weighted by atomic mass is 9.61. The number of rotatable bonds is 5. The average molecular weight is 429 g/mol. The van der Waals surface area contributed by atoms with E-state index in [-0.39, 0.29) is 5.92 Å². The fraction of sp³-hybridized carbons (Fsp3) is 0.714. The van der Waals surface area contributed by atoms with Crippen molar-refractivity contribution in [2.45, 2.75) is 97.4 Å². The van der Waals surface area contributed by atoms with Gasteiger partial charge >= 0.3 is 0 Å². The molecule has 0 spiro atoms. The molecule has 3 heteroatoms. The van der Waals surface area contributed by atoms with Crippen LogP contribution in [-0.4, -0.2) is 33.1 Å². The quantitative estimate of drug-likeness (QED) is 0.490. The monoisotopic (exact) mass is 428 g/mol. The van der Waals surface area contributed by atoms with Crippen molar-refractivity contribution in [2.24, 2.45) is 29.1 Å². The van der Waals surface area contributed by atoms with Crippen molar-refractivity contribution in [3.63, 3.8) is 0 Å². The van der Waals surface area contributed by atoms with Gasteiger partial charge in [0.05, 0.1) is 17.8 Å². The zero-order chi connectivity index (χ0) is 23.0. The molecule has 3 aliphatic rings. The Hall–Kier alpha value is -1.16. The number of fused-ring (bicyclic) bond motifs is 1. The molecule has 31 heavy (non-hydrogen) atoms. The Balaban J connectivity index is 1.73. The molecule has 0 aromatic heterocycles. The van der Waals surface area contributed by atoms with Crippen LogP contribution < -0.4 is 0 Å². The van der Waals surface area contributed by atoms with Gasteiger partial charge in [-0.1, -0.05) is 62.8 Å². The van der Waals surface area contributed by atoms with Gasteiger partial charge in [-0.3, -0.25) is 0 Å². The van der Waals surface area contributed by atoms with E-state index in [1.165, 1.54) is 25.7 Å². The Morgan fingerprint density at radius 2 is 1.71 bits per heavy atom. The first-order chi connectivity index (χ1) is 14.4. The Morgan fingerprint density at radius 3 is 2.32 bits per heavy atom. The summed E-state index contributed by atoms with van der Waals surface area (Å²) in [7, 11) is 0. The largest absolute Gasteiger partial charge is 0.390 e. The van der Waals surface area contributed by atoms with Gasteiger partial charge in [-0.25, -0.2) is 0 Å². The lowest BCUT2D eigenvalue weighted by Crippen LogP contribution is -2.35. The predicted octanol–water partition coefficient (Wildman–Crippen LogP) is 5.73. The molecule has 3 nitrogen and oxygen atoms in total. The summed E-state index contributed by atoms with van der Waals surface area (Å²) >= 11 is 0. The summed E-state index contributed by atoms with van der Waals surface area (Å²) in [6.07, 6.45) is 15.1. The maximum Gasteiger partial charge on any atom is 0.0809 e. The Bertz CT molecular complexity index is 737. The van der Waals surface area contributed by atoms with Gasteiger partial charge in [0.1, 0.15) is 0 Å². The van der Waals surface area contributed by atoms with Gasteiger partial charge in [-0.15, -0.1) is 0 Å². The van der Waals surface area contributed by atoms with E-state index in [1.54, 1.807) is 5.57 Å². The normalized spacial score (nSPS) is 37.9. The van der Waals surface area contributed by atoms with E-state index in [2.05, 4.69) is 51.7 Å². The molecule has 0 amide bonds. The van der Waals surface area contributed by atoms with Gasteiger partial charge in [0.15, 0.2) is 0 Å². The molecule has 3 rings (SSSR count). The summed E-state index contributed by atoms with van der Waals surface area (Å²) in [4.78, 5) is 0. The summed E-state index contributed by atoms with van der Waals surface area (Å²) in [6, 6.07) is 0. The first-order valence-electron chi connectivity index (χ1n) is 12.3. The second kappa shape index (κ2) is 9.37. The van der Waals surface area contributed by atoms with Gasteiger partial charge in [-0.2, -0.15) is 0 Å². The minimum atomic E-state index is -0.681. The van der Waals surface area contributed by atoms with Crippen molar-refractivity contribution in [3.8, 4) is 0 Å². The van der Waals surface area contributed by atoms with Crippen molar-refractivity contribution < 1.29 is 15.3 Å². The summed E-state index contributed by atoms with van der Waals surface area (Å²) in [5, 5.41) is 30.5. The average Bonchev–Trinajstić information content (AvgIpc) is 3.05. The van der Waals surface area contributed by atoms with Crippen LogP contribution in [-0.2, 0) is 0 Å². The molecular formula is C28H44O3. The first-order valence-corrected chi connectivity index (χ1v) is 12.3. The second-order valence-electron chi connectivity index (χ2n) is 11.4. The molecular weight excluding hydrogens is 384 g/mol. The van der Waals surface area contributed by atoms with Gasteiger partial charge in [0.25, 0.3) is 0 Å². The highest BCUT2D eigenvalue weighted by atomic mass is 16.3. The fourth-order valence-corrected chi connectivity index (χ4v) is 6.28. The molecule has 3 aliphatic carbocycles. The summed E-state index contributed by atoms with van der Waals surface area (Å²) < 4.78 is 0. The number of hydrogen-bond donors (Lipinski definition) is 3. The number of aliphatic hydroxyl groups is 3. The van der Waals surface area contributed by atoms with E-state index >= 15 is 0 Å². The highest BCUT2D eigenvalue weighted by Gasteiger charge is 2.50. The summed E-state index contributed by atoms with van der Waals surface area (Å²) in [6.45, 7) is 14.5. The minimum Gasteiger partial charge on any atom is -0.390 e. The Labute approximate surface area is 189 Å². The van der Waals surface area contributed by atoms with E-state index < -0.39 is 17.8 Å². The molecule has 3 fully saturated rings. The van der Waals surface area contributed by atoms with Crippen LogP contribution in [0.1, 0.15) is 79.6 Å². The molecule has 0 radical (unpaired) electrons. The lowest BCUT2D eigenvalue weighted by molar-refractivity contribution is 0.0436. The van der Waals surface area contributed by atoms with E-state index in [0.717, 1.165) is 12.0 Å². The van der Waals surface area contributed by atoms with Crippen LogP contribution in [0, 0.1) is 29.1 Å². The van der Waals surface area contributed by atoms with Crippen molar-refractivity contribution in [1.82, 2.24) is 0 Å². The third-order valence-corrected chi connectivity index (χ3v) is 8.79. The number of allylic oxidation sites excluding steroid dienone is 4. The van der Waals surface area contributed by atoms with E-state index in [4.69, 9.17) is 0 Å². The number of hydrogen-bond acceptors (Lipinski definition) is 3. The molecule has 0 aromatic rings. The molecule has 0 aromatic carbocycles. The predicted molar refractivity (Wildman–Crippen MR) is 128 cm³/mol. The highest BCUT2D eigenvalue weighted by Crippen LogP contribution is 2.59. The third kappa shape index (κ3) is 5.26. The van der Waals surface area contributed by atoms with Gasteiger partial charge < -0.3 is 15.3 Å². The molecule has 0 aliphatic heterocycles. The molecule has 1 unspecified atom stereocenters. The standard InChI is InChI=1S/C28H44O3/c1-18(9-10-19(2)27(4,5)31)23-13-14-24-22(8-7-15-28(23,24)6)12-11-21-16-25(29)20(3)26(30)17-21/h9-12,18-19,23-26,29-31H,3,7-8,13-17H2,1-2,4-6H3/b10-9+,22-12-/t18-,19+,23?,24-,25+,26+,28+/m0/s1. The second-order valence-corrected chi connectivity index (χ2v) is 11.4. The van der Waals surface area contributed by atoms with Crippen molar-refractivity contribution in [1.29, 1.82) is 0 Å². The van der Waals surface area contributed by atoms with Crippen molar-refractivity contribution in [2.75, 3.05) is 0 Å². The smallest absolute Gasteiger partial charge is 0.0809 e. The number of aliphatic hydroxyl groups excluding tert-OH is 2. The Kier molecular flexibility index (Phi) is 7.40. The summed E-state index contributed by atoms with van der Waals surface area (Å²) in [5.74, 6) is 1.94. The third-order valence-electron chi connectivity index (χ3n) is 8.79. The van der Waals surface area contributed by atoms with Crippen LogP contribution in [0.4, 0.5) is 0 Å². The molecule has 0 heterocycles. The molecule has 0 bridgehead atoms. The van der Waals surface area contributed by atoms with E-state index in [9.17, 15) is 15.3 Å². The highest BCUT2D eigenvalue weighted by molar-refractivity contribution is 5.29. The zero-order valence-electron chi connectivity index (χ0n) is 20.3. The first kappa shape index (κ1) is 24.5. The van der Waals surface area contributed by atoms with Gasteiger partial charge in [-0.05, 0) is 87.5 Å². The van der Waals surface area contributed by atoms with Gasteiger partial charge in [0, 0.05) is 5.92 Å². The van der Waals surface area contributed by atoms with Crippen LogP contribution in [0.15, 0.2) is 47.6 Å².